The number of hydrogen-bond acceptors (Lipinski definition) is 3. The summed E-state index contributed by atoms with van der Waals surface area (Å²) < 4.78 is 0. The Kier molecular flexibility index (Phi) is 9.44. The number of benzene rings is 1. The summed E-state index contributed by atoms with van der Waals surface area (Å²) in [5.74, 6) is -0.232. The van der Waals surface area contributed by atoms with E-state index in [4.69, 9.17) is 0 Å². The molecule has 27 heavy (non-hydrogen) atoms. The maximum absolute atomic E-state index is 12.3. The van der Waals surface area contributed by atoms with Crippen LogP contribution in [0.25, 0.3) is 0 Å². The van der Waals surface area contributed by atoms with Crippen LogP contribution in [-0.4, -0.2) is 48.4 Å². The van der Waals surface area contributed by atoms with E-state index in [0.29, 0.717) is 12.6 Å². The third kappa shape index (κ3) is 9.53. The second kappa shape index (κ2) is 11.0. The van der Waals surface area contributed by atoms with Gasteiger partial charge in [0.15, 0.2) is 0 Å². The van der Waals surface area contributed by atoms with Crippen LogP contribution in [0.5, 0.6) is 0 Å². The molecule has 1 rings (SSSR count). The Morgan fingerprint density at radius 1 is 1.11 bits per heavy atom. The van der Waals surface area contributed by atoms with Crippen molar-refractivity contribution in [2.45, 2.75) is 52.1 Å². The molecule has 0 saturated carbocycles. The van der Waals surface area contributed by atoms with Gasteiger partial charge in [0, 0.05) is 18.0 Å². The molecule has 6 nitrogen and oxygen atoms in total. The minimum absolute atomic E-state index is 0.0110. The molecular weight excluding hydrogens is 361 g/mol. The third-order valence-corrected chi connectivity index (χ3v) is 6.09. The zero-order valence-electron chi connectivity index (χ0n) is 17.0. The predicted octanol–water partition coefficient (Wildman–Crippen LogP) is 2.86. The van der Waals surface area contributed by atoms with Gasteiger partial charge in [-0.3, -0.25) is 14.4 Å². The minimum Gasteiger partial charge on any atom is -0.352 e. The fourth-order valence-corrected chi connectivity index (χ4v) is 4.56. The third-order valence-electron chi connectivity index (χ3n) is 3.97. The number of amides is 3. The van der Waals surface area contributed by atoms with Crippen molar-refractivity contribution in [1.29, 1.82) is 0 Å². The van der Waals surface area contributed by atoms with Crippen molar-refractivity contribution in [3.63, 3.8) is 0 Å². The summed E-state index contributed by atoms with van der Waals surface area (Å²) in [6.07, 6.45) is 1.72. The smallest absolute Gasteiger partial charge is 0.241 e. The molecule has 3 amide bonds. The molecule has 1 aromatic carbocycles. The van der Waals surface area contributed by atoms with Crippen LogP contribution in [0.3, 0.4) is 0 Å². The Labute approximate surface area is 163 Å². The molecule has 0 aliphatic heterocycles. The molecule has 0 radical (unpaired) electrons. The molecule has 0 aromatic heterocycles. The number of rotatable bonds is 10. The van der Waals surface area contributed by atoms with E-state index in [0.717, 1.165) is 12.0 Å². The zero-order valence-corrected chi connectivity index (χ0v) is 17.9. The van der Waals surface area contributed by atoms with Crippen molar-refractivity contribution in [2.75, 3.05) is 19.4 Å². The summed E-state index contributed by atoms with van der Waals surface area (Å²) in [4.78, 5) is 35.9. The largest absolute Gasteiger partial charge is 0.352 e. The minimum atomic E-state index is -1.00. The van der Waals surface area contributed by atoms with Crippen LogP contribution in [-0.2, 0) is 16.0 Å². The van der Waals surface area contributed by atoms with Gasteiger partial charge in [-0.15, -0.1) is 0 Å². The van der Waals surface area contributed by atoms with Gasteiger partial charge in [0.1, 0.15) is 0 Å². The average molecular weight is 393 g/mol. The van der Waals surface area contributed by atoms with Gasteiger partial charge < -0.3 is 16.0 Å². The van der Waals surface area contributed by atoms with Crippen LogP contribution >= 0.6 is 7.92 Å². The first-order valence-electron chi connectivity index (χ1n) is 9.26. The highest BCUT2D eigenvalue weighted by atomic mass is 31.1. The Bertz CT molecular complexity index is 635. The molecule has 150 valence electrons. The van der Waals surface area contributed by atoms with E-state index in [-0.39, 0.29) is 30.0 Å². The van der Waals surface area contributed by atoms with Gasteiger partial charge in [0.25, 0.3) is 0 Å². The van der Waals surface area contributed by atoms with Crippen molar-refractivity contribution < 1.29 is 14.4 Å². The number of nitrogens with one attached hydrogen (secondary N) is 3. The Morgan fingerprint density at radius 3 is 2.33 bits per heavy atom. The summed E-state index contributed by atoms with van der Waals surface area (Å²) in [5, 5.41) is 8.53. The summed E-state index contributed by atoms with van der Waals surface area (Å²) >= 11 is 0. The van der Waals surface area contributed by atoms with Crippen molar-refractivity contribution in [1.82, 2.24) is 16.0 Å². The lowest BCUT2D eigenvalue weighted by Crippen LogP contribution is -2.46. The van der Waals surface area contributed by atoms with Gasteiger partial charge in [-0.1, -0.05) is 37.3 Å². The van der Waals surface area contributed by atoms with Crippen LogP contribution in [0, 0.1) is 0 Å². The van der Waals surface area contributed by atoms with E-state index in [1.807, 2.05) is 57.8 Å². The maximum Gasteiger partial charge on any atom is 0.241 e. The molecule has 0 aliphatic carbocycles. The molecule has 0 aliphatic rings. The summed E-state index contributed by atoms with van der Waals surface area (Å²) in [5.41, 5.74) is 0.578. The lowest BCUT2D eigenvalue weighted by molar-refractivity contribution is -0.122. The first-order valence-corrected chi connectivity index (χ1v) is 11.2. The molecule has 0 spiro atoms. The van der Waals surface area contributed by atoms with Crippen molar-refractivity contribution >= 4 is 25.4 Å². The Morgan fingerprint density at radius 2 is 1.74 bits per heavy atom. The van der Waals surface area contributed by atoms with E-state index in [2.05, 4.69) is 16.0 Å². The molecule has 0 bridgehead atoms. The number of hydrogen-bond donors (Lipinski definition) is 3. The van der Waals surface area contributed by atoms with Crippen LogP contribution in [0.4, 0.5) is 4.79 Å². The second-order valence-corrected chi connectivity index (χ2v) is 9.58. The van der Waals surface area contributed by atoms with E-state index < -0.39 is 13.5 Å². The van der Waals surface area contributed by atoms with Gasteiger partial charge in [-0.05, 0) is 53.5 Å². The first kappa shape index (κ1) is 23.1. The topological polar surface area (TPSA) is 87.3 Å². The van der Waals surface area contributed by atoms with Crippen molar-refractivity contribution in [3.05, 3.63) is 35.9 Å². The fourth-order valence-electron chi connectivity index (χ4n) is 2.81. The molecule has 7 heteroatoms. The maximum atomic E-state index is 12.3. The number of carbonyl (C=O) groups excluding carboxylic acids is 3. The van der Waals surface area contributed by atoms with Crippen molar-refractivity contribution in [3.8, 4) is 0 Å². The van der Waals surface area contributed by atoms with Crippen LogP contribution in [0.1, 0.15) is 39.7 Å². The highest BCUT2D eigenvalue weighted by Gasteiger charge is 2.26. The molecule has 0 heterocycles. The van der Waals surface area contributed by atoms with Gasteiger partial charge in [0.05, 0.1) is 6.54 Å². The highest BCUT2D eigenvalue weighted by molar-refractivity contribution is 7.74. The predicted molar refractivity (Wildman–Crippen MR) is 111 cm³/mol. The molecule has 3 N–H and O–H groups in total. The van der Waals surface area contributed by atoms with Crippen LogP contribution in [0.15, 0.2) is 30.3 Å². The molecule has 2 atom stereocenters. The van der Waals surface area contributed by atoms with E-state index >= 15 is 0 Å². The van der Waals surface area contributed by atoms with Gasteiger partial charge >= 0.3 is 0 Å². The molecule has 2 unspecified atom stereocenters. The van der Waals surface area contributed by atoms with Crippen LogP contribution in [0.2, 0.25) is 0 Å². The fraction of sp³-hybridized carbons (Fsp3) is 0.550. The second-order valence-electron chi connectivity index (χ2n) is 7.46. The molecular formula is C20H32N3O3P. The Balaban J connectivity index is 2.37. The van der Waals surface area contributed by atoms with Gasteiger partial charge in [-0.25, -0.2) is 0 Å². The average Bonchev–Trinajstić information content (AvgIpc) is 2.59. The van der Waals surface area contributed by atoms with E-state index in [9.17, 15) is 14.4 Å². The lowest BCUT2D eigenvalue weighted by Gasteiger charge is -2.29. The lowest BCUT2D eigenvalue weighted by atomic mass is 10.1. The van der Waals surface area contributed by atoms with Gasteiger partial charge in [-0.2, -0.15) is 0 Å². The van der Waals surface area contributed by atoms with E-state index in [1.54, 1.807) is 6.92 Å². The summed E-state index contributed by atoms with van der Waals surface area (Å²) in [6.45, 7) is 9.38. The summed E-state index contributed by atoms with van der Waals surface area (Å²) in [6, 6.07) is 9.93. The number of carbonyl (C=O) groups is 3. The van der Waals surface area contributed by atoms with Crippen molar-refractivity contribution in [2.24, 2.45) is 0 Å². The SMILES string of the molecule is CCC(=O)NC(C)(C)CP(C)C(=O)NCC(=O)NC(C)Cc1ccccc1. The van der Waals surface area contributed by atoms with Gasteiger partial charge in [0.2, 0.25) is 17.5 Å². The standard InChI is InChI=1S/C20H32N3O3P/c1-6-17(24)23-20(3,4)14-27(5)19(26)21-13-18(25)22-15(2)12-16-10-8-7-9-11-16/h7-11,15H,6,12-14H2,1-5H3,(H,21,26)(H,22,25)(H,23,24). The molecule has 0 fully saturated rings. The molecule has 1 aromatic rings. The normalized spacial score (nSPS) is 13.4. The monoisotopic (exact) mass is 393 g/mol. The highest BCUT2D eigenvalue weighted by Crippen LogP contribution is 2.35. The molecule has 0 saturated heterocycles. The summed E-state index contributed by atoms with van der Waals surface area (Å²) in [7, 11) is -1.00. The Hall–Kier alpha value is -1.94. The quantitative estimate of drug-likeness (QED) is 0.534. The zero-order chi connectivity index (χ0) is 20.4. The van der Waals surface area contributed by atoms with E-state index in [1.165, 1.54) is 0 Å². The first-order chi connectivity index (χ1) is 12.6. The van der Waals surface area contributed by atoms with Crippen LogP contribution < -0.4 is 16.0 Å².